The fraction of sp³-hybridized carbons (Fsp3) is 0.467. The van der Waals surface area contributed by atoms with Crippen molar-refractivity contribution in [2.75, 3.05) is 18.4 Å². The number of nitrogens with one attached hydrogen (secondary N) is 1. The fourth-order valence-electron chi connectivity index (χ4n) is 2.36. The summed E-state index contributed by atoms with van der Waals surface area (Å²) in [6.45, 7) is 3.85. The first-order valence-electron chi connectivity index (χ1n) is 7.19. The van der Waals surface area contributed by atoms with Crippen molar-refractivity contribution < 1.29 is 10.0 Å². The number of amides is 2. The topological polar surface area (TPSA) is 91.0 Å². The molecule has 1 saturated heterocycles. The van der Waals surface area contributed by atoms with Crippen LogP contribution in [-0.2, 0) is 6.42 Å². The first kappa shape index (κ1) is 15.2. The smallest absolute Gasteiger partial charge is 0.321 e. The summed E-state index contributed by atoms with van der Waals surface area (Å²) in [7, 11) is 0. The molecule has 1 aliphatic rings. The number of urea groups is 1. The normalized spacial score (nSPS) is 16.8. The Bertz CT molecular complexity index is 505. The van der Waals surface area contributed by atoms with E-state index >= 15 is 0 Å². The monoisotopic (exact) mass is 290 g/mol. The van der Waals surface area contributed by atoms with Gasteiger partial charge in [0.2, 0.25) is 0 Å². The van der Waals surface area contributed by atoms with Crippen molar-refractivity contribution in [1.29, 1.82) is 0 Å². The second kappa shape index (κ2) is 6.97. The van der Waals surface area contributed by atoms with Crippen LogP contribution in [0.3, 0.4) is 0 Å². The number of anilines is 1. The zero-order valence-corrected chi connectivity index (χ0v) is 12.2. The van der Waals surface area contributed by atoms with Crippen LogP contribution in [0.25, 0.3) is 0 Å². The van der Waals surface area contributed by atoms with Crippen molar-refractivity contribution in [3.8, 4) is 0 Å². The van der Waals surface area contributed by atoms with Crippen molar-refractivity contribution in [1.82, 2.24) is 4.90 Å². The minimum Gasteiger partial charge on any atom is -0.409 e. The molecular weight excluding hydrogens is 268 g/mol. The molecule has 2 amide bonds. The first-order valence-corrected chi connectivity index (χ1v) is 7.19. The van der Waals surface area contributed by atoms with Gasteiger partial charge in [-0.05, 0) is 36.5 Å². The molecule has 1 aromatic rings. The number of likely N-dealkylation sites (tertiary alicyclic amines) is 1. The highest BCUT2D eigenvalue weighted by Crippen LogP contribution is 2.17. The quantitative estimate of drug-likeness (QED) is 0.345. The molecule has 0 aliphatic carbocycles. The number of hydrogen-bond acceptors (Lipinski definition) is 3. The third-order valence-electron chi connectivity index (χ3n) is 3.79. The summed E-state index contributed by atoms with van der Waals surface area (Å²) in [5.41, 5.74) is 7.13. The lowest BCUT2D eigenvalue weighted by atomic mass is 10.00. The Balaban J connectivity index is 1.89. The van der Waals surface area contributed by atoms with Gasteiger partial charge in [-0.15, -0.1) is 0 Å². The van der Waals surface area contributed by atoms with E-state index in [2.05, 4.69) is 17.4 Å². The molecule has 0 unspecified atom stereocenters. The average Bonchev–Trinajstić information content (AvgIpc) is 2.49. The van der Waals surface area contributed by atoms with Crippen LogP contribution in [0.2, 0.25) is 0 Å². The fourth-order valence-corrected chi connectivity index (χ4v) is 2.36. The molecule has 0 bridgehead atoms. The number of amidine groups is 1. The molecule has 6 nitrogen and oxygen atoms in total. The van der Waals surface area contributed by atoms with Gasteiger partial charge in [-0.3, -0.25) is 0 Å². The highest BCUT2D eigenvalue weighted by atomic mass is 16.4. The SMILES string of the molecule is CC1CCN(C(=O)Nc2ccc(CC(N)=NO)cc2)CC1. The highest BCUT2D eigenvalue weighted by Gasteiger charge is 2.20. The Morgan fingerprint density at radius 1 is 1.38 bits per heavy atom. The predicted octanol–water partition coefficient (Wildman–Crippen LogP) is 2.24. The highest BCUT2D eigenvalue weighted by molar-refractivity contribution is 5.89. The molecule has 1 heterocycles. The summed E-state index contributed by atoms with van der Waals surface area (Å²) in [6, 6.07) is 7.30. The second-order valence-electron chi connectivity index (χ2n) is 5.56. The van der Waals surface area contributed by atoms with E-state index in [0.29, 0.717) is 12.3 Å². The van der Waals surface area contributed by atoms with E-state index in [9.17, 15) is 4.79 Å². The van der Waals surface area contributed by atoms with Crippen LogP contribution in [0.4, 0.5) is 10.5 Å². The van der Waals surface area contributed by atoms with Gasteiger partial charge >= 0.3 is 6.03 Å². The first-order chi connectivity index (χ1) is 10.1. The molecule has 0 spiro atoms. The molecule has 4 N–H and O–H groups in total. The molecule has 0 radical (unpaired) electrons. The van der Waals surface area contributed by atoms with E-state index in [4.69, 9.17) is 10.9 Å². The molecule has 1 aliphatic heterocycles. The van der Waals surface area contributed by atoms with Crippen LogP contribution in [0.15, 0.2) is 29.4 Å². The number of carbonyl (C=O) groups excluding carboxylic acids is 1. The van der Waals surface area contributed by atoms with Crippen LogP contribution in [-0.4, -0.2) is 35.1 Å². The van der Waals surface area contributed by atoms with Crippen molar-refractivity contribution in [3.63, 3.8) is 0 Å². The largest absolute Gasteiger partial charge is 0.409 e. The lowest BCUT2D eigenvalue weighted by Crippen LogP contribution is -2.40. The molecule has 114 valence electrons. The van der Waals surface area contributed by atoms with Crippen LogP contribution >= 0.6 is 0 Å². The number of hydrogen-bond donors (Lipinski definition) is 3. The predicted molar refractivity (Wildman–Crippen MR) is 82.5 cm³/mol. The van der Waals surface area contributed by atoms with Gasteiger partial charge in [-0.1, -0.05) is 24.2 Å². The summed E-state index contributed by atoms with van der Waals surface area (Å²) >= 11 is 0. The van der Waals surface area contributed by atoms with Crippen molar-refractivity contribution >= 4 is 17.6 Å². The van der Waals surface area contributed by atoms with Crippen molar-refractivity contribution in [2.45, 2.75) is 26.2 Å². The summed E-state index contributed by atoms with van der Waals surface area (Å²) in [5.74, 6) is 0.862. The Hall–Kier alpha value is -2.24. The minimum absolute atomic E-state index is 0.0499. The van der Waals surface area contributed by atoms with Gasteiger partial charge in [-0.2, -0.15) is 0 Å². The van der Waals surface area contributed by atoms with Crippen molar-refractivity contribution in [3.05, 3.63) is 29.8 Å². The number of nitrogens with two attached hydrogens (primary N) is 1. The van der Waals surface area contributed by atoms with Gasteiger partial charge in [0.05, 0.1) is 0 Å². The Kier molecular flexibility index (Phi) is 5.03. The maximum Gasteiger partial charge on any atom is 0.321 e. The molecule has 6 heteroatoms. The van der Waals surface area contributed by atoms with Gasteiger partial charge < -0.3 is 21.2 Å². The Morgan fingerprint density at radius 3 is 2.57 bits per heavy atom. The van der Waals surface area contributed by atoms with Gasteiger partial charge in [0.15, 0.2) is 0 Å². The van der Waals surface area contributed by atoms with E-state index in [1.54, 1.807) is 0 Å². The molecule has 1 aromatic carbocycles. The van der Waals surface area contributed by atoms with E-state index in [-0.39, 0.29) is 11.9 Å². The van der Waals surface area contributed by atoms with Gasteiger partial charge in [0.1, 0.15) is 5.84 Å². The van der Waals surface area contributed by atoms with E-state index in [0.717, 1.165) is 37.2 Å². The summed E-state index contributed by atoms with van der Waals surface area (Å²) in [5, 5.41) is 14.4. The maximum atomic E-state index is 12.1. The van der Waals surface area contributed by atoms with E-state index < -0.39 is 0 Å². The van der Waals surface area contributed by atoms with E-state index in [1.165, 1.54) is 0 Å². The number of oxime groups is 1. The van der Waals surface area contributed by atoms with Gasteiger partial charge in [0.25, 0.3) is 0 Å². The number of nitrogens with zero attached hydrogens (tertiary/aromatic N) is 2. The van der Waals surface area contributed by atoms with Crippen molar-refractivity contribution in [2.24, 2.45) is 16.8 Å². The molecule has 21 heavy (non-hydrogen) atoms. The van der Waals surface area contributed by atoms with Crippen LogP contribution in [0.1, 0.15) is 25.3 Å². The number of benzene rings is 1. The third kappa shape index (κ3) is 4.37. The standard InChI is InChI=1S/C15H22N4O2/c1-11-6-8-19(9-7-11)15(20)17-13-4-2-12(3-5-13)10-14(16)18-21/h2-5,11,21H,6-10H2,1H3,(H2,16,18)(H,17,20). The second-order valence-corrected chi connectivity index (χ2v) is 5.56. The third-order valence-corrected chi connectivity index (χ3v) is 3.79. The summed E-state index contributed by atoms with van der Waals surface area (Å²) in [4.78, 5) is 14.0. The zero-order chi connectivity index (χ0) is 15.2. The average molecular weight is 290 g/mol. The molecule has 1 fully saturated rings. The van der Waals surface area contributed by atoms with Gasteiger partial charge in [0, 0.05) is 25.2 Å². The molecular formula is C15H22N4O2. The van der Waals surface area contributed by atoms with Gasteiger partial charge in [-0.25, -0.2) is 4.79 Å². The Morgan fingerprint density at radius 2 is 2.00 bits per heavy atom. The summed E-state index contributed by atoms with van der Waals surface area (Å²) < 4.78 is 0. The number of rotatable bonds is 3. The molecule has 0 saturated carbocycles. The Labute approximate surface area is 124 Å². The number of carbonyl (C=O) groups is 1. The lowest BCUT2D eigenvalue weighted by molar-refractivity contribution is 0.186. The van der Waals surface area contributed by atoms with Crippen LogP contribution in [0.5, 0.6) is 0 Å². The maximum absolute atomic E-state index is 12.1. The zero-order valence-electron chi connectivity index (χ0n) is 12.2. The molecule has 0 atom stereocenters. The summed E-state index contributed by atoms with van der Waals surface area (Å²) in [6.07, 6.45) is 2.51. The minimum atomic E-state index is -0.0499. The van der Waals surface area contributed by atoms with Crippen LogP contribution in [0, 0.1) is 5.92 Å². The number of piperidine rings is 1. The lowest BCUT2D eigenvalue weighted by Gasteiger charge is -2.30. The molecule has 0 aromatic heterocycles. The van der Waals surface area contributed by atoms with E-state index in [1.807, 2.05) is 29.2 Å². The molecule has 2 rings (SSSR count). The van der Waals surface area contributed by atoms with Crippen LogP contribution < -0.4 is 11.1 Å².